The van der Waals surface area contributed by atoms with Gasteiger partial charge >= 0.3 is 5.97 Å². The Morgan fingerprint density at radius 1 is 1.18 bits per heavy atom. The smallest absolute Gasteiger partial charge is 0.355 e. The Balaban J connectivity index is 1.74. The molecule has 0 aliphatic heterocycles. The molecule has 22 heavy (non-hydrogen) atoms. The molecule has 0 spiro atoms. The van der Waals surface area contributed by atoms with E-state index in [4.69, 9.17) is 4.74 Å². The van der Waals surface area contributed by atoms with Gasteiger partial charge in [0, 0.05) is 17.4 Å². The fraction of sp³-hybridized carbons (Fsp3) is 0.412. The van der Waals surface area contributed by atoms with Gasteiger partial charge in [-0.05, 0) is 18.6 Å². The lowest BCUT2D eigenvalue weighted by Gasteiger charge is -2.05. The minimum atomic E-state index is -0.516. The Labute approximate surface area is 130 Å². The van der Waals surface area contributed by atoms with Crippen LogP contribution in [-0.4, -0.2) is 30.0 Å². The highest BCUT2D eigenvalue weighted by molar-refractivity contribution is 5.95. The first-order valence-electron chi connectivity index (χ1n) is 7.72. The number of H-pyrrole nitrogens is 1. The van der Waals surface area contributed by atoms with Crippen LogP contribution < -0.4 is 5.32 Å². The maximum absolute atomic E-state index is 11.9. The van der Waals surface area contributed by atoms with Crippen molar-refractivity contribution in [2.45, 2.75) is 32.6 Å². The molecule has 5 nitrogen and oxygen atoms in total. The summed E-state index contributed by atoms with van der Waals surface area (Å²) in [5, 5.41) is 3.69. The summed E-state index contributed by atoms with van der Waals surface area (Å²) in [6.07, 6.45) is 4.39. The van der Waals surface area contributed by atoms with E-state index in [9.17, 15) is 9.59 Å². The number of unbranched alkanes of at least 4 members (excludes halogenated alkanes) is 3. The number of carbonyl (C=O) groups excluding carboxylic acids is 2. The summed E-state index contributed by atoms with van der Waals surface area (Å²) in [5.74, 6) is -0.779. The molecule has 1 heterocycles. The summed E-state index contributed by atoms with van der Waals surface area (Å²) in [5.41, 5.74) is 1.23. The number of nitrogens with one attached hydrogen (secondary N) is 2. The van der Waals surface area contributed by atoms with Crippen molar-refractivity contribution in [3.8, 4) is 0 Å². The van der Waals surface area contributed by atoms with Gasteiger partial charge in [-0.15, -0.1) is 0 Å². The fourth-order valence-corrected chi connectivity index (χ4v) is 2.22. The van der Waals surface area contributed by atoms with Crippen LogP contribution in [0.15, 0.2) is 30.3 Å². The quantitative estimate of drug-likeness (QED) is 0.581. The van der Waals surface area contributed by atoms with Crippen molar-refractivity contribution in [2.24, 2.45) is 0 Å². The molecule has 0 radical (unpaired) electrons. The van der Waals surface area contributed by atoms with E-state index in [2.05, 4.69) is 17.2 Å². The molecule has 118 valence electrons. The summed E-state index contributed by atoms with van der Waals surface area (Å²) >= 11 is 0. The zero-order valence-corrected chi connectivity index (χ0v) is 12.9. The van der Waals surface area contributed by atoms with Gasteiger partial charge in [0.15, 0.2) is 6.61 Å². The highest BCUT2D eigenvalue weighted by atomic mass is 16.5. The summed E-state index contributed by atoms with van der Waals surface area (Å²) in [4.78, 5) is 26.5. The molecule has 0 fully saturated rings. The van der Waals surface area contributed by atoms with Crippen LogP contribution in [0.5, 0.6) is 0 Å². The third kappa shape index (κ3) is 4.62. The third-order valence-corrected chi connectivity index (χ3v) is 3.44. The minimum absolute atomic E-state index is 0.248. The van der Waals surface area contributed by atoms with Gasteiger partial charge in [0.2, 0.25) is 0 Å². The van der Waals surface area contributed by atoms with Crippen LogP contribution >= 0.6 is 0 Å². The van der Waals surface area contributed by atoms with Crippen LogP contribution in [0.3, 0.4) is 0 Å². The van der Waals surface area contributed by atoms with Crippen LogP contribution in [-0.2, 0) is 9.53 Å². The van der Waals surface area contributed by atoms with Crippen molar-refractivity contribution in [1.82, 2.24) is 10.3 Å². The van der Waals surface area contributed by atoms with E-state index in [1.54, 1.807) is 6.07 Å². The van der Waals surface area contributed by atoms with E-state index in [0.29, 0.717) is 12.2 Å². The Morgan fingerprint density at radius 2 is 2.00 bits per heavy atom. The highest BCUT2D eigenvalue weighted by Crippen LogP contribution is 2.15. The molecule has 1 aromatic heterocycles. The van der Waals surface area contributed by atoms with Gasteiger partial charge in [-0.25, -0.2) is 4.79 Å². The molecule has 0 aliphatic carbocycles. The zero-order valence-electron chi connectivity index (χ0n) is 12.9. The number of aromatic nitrogens is 1. The lowest BCUT2D eigenvalue weighted by molar-refractivity contribution is -0.124. The van der Waals surface area contributed by atoms with Gasteiger partial charge < -0.3 is 15.0 Å². The lowest BCUT2D eigenvalue weighted by Crippen LogP contribution is -2.29. The summed E-state index contributed by atoms with van der Waals surface area (Å²) in [6.45, 7) is 2.52. The van der Waals surface area contributed by atoms with E-state index >= 15 is 0 Å². The van der Waals surface area contributed by atoms with E-state index in [1.165, 1.54) is 6.42 Å². The summed E-state index contributed by atoms with van der Waals surface area (Å²) in [7, 11) is 0. The first-order valence-corrected chi connectivity index (χ1v) is 7.72. The van der Waals surface area contributed by atoms with Crippen LogP contribution in [0, 0.1) is 0 Å². The van der Waals surface area contributed by atoms with E-state index < -0.39 is 5.97 Å². The summed E-state index contributed by atoms with van der Waals surface area (Å²) < 4.78 is 5.02. The van der Waals surface area contributed by atoms with E-state index in [1.807, 2.05) is 24.3 Å². The SMILES string of the molecule is CCCCCCNC(=O)COC(=O)c1cc2ccccc2[nH]1. The number of para-hydroxylation sites is 1. The number of benzene rings is 1. The third-order valence-electron chi connectivity index (χ3n) is 3.44. The second-order valence-corrected chi connectivity index (χ2v) is 5.26. The van der Waals surface area contributed by atoms with E-state index in [0.717, 1.165) is 30.2 Å². The normalized spacial score (nSPS) is 10.6. The van der Waals surface area contributed by atoms with Gasteiger partial charge in [-0.2, -0.15) is 0 Å². The number of carbonyl (C=O) groups is 2. The largest absolute Gasteiger partial charge is 0.451 e. The van der Waals surface area contributed by atoms with Crippen molar-refractivity contribution >= 4 is 22.8 Å². The van der Waals surface area contributed by atoms with Gasteiger partial charge in [0.1, 0.15) is 5.69 Å². The molecule has 0 saturated carbocycles. The molecule has 2 N–H and O–H groups in total. The number of hydrogen-bond acceptors (Lipinski definition) is 3. The van der Waals surface area contributed by atoms with Gasteiger partial charge in [-0.3, -0.25) is 4.79 Å². The molecule has 0 bridgehead atoms. The fourth-order valence-electron chi connectivity index (χ4n) is 2.22. The number of rotatable bonds is 8. The number of fused-ring (bicyclic) bond motifs is 1. The molecule has 2 aromatic rings. The second kappa shape index (κ2) is 8.22. The Kier molecular flexibility index (Phi) is 6.01. The van der Waals surface area contributed by atoms with Gasteiger partial charge in [0.25, 0.3) is 5.91 Å². The average molecular weight is 302 g/mol. The minimum Gasteiger partial charge on any atom is -0.451 e. The standard InChI is InChI=1S/C17H22N2O3/c1-2-3-4-7-10-18-16(20)12-22-17(21)15-11-13-8-5-6-9-14(13)19-15/h5-6,8-9,11,19H,2-4,7,10,12H2,1H3,(H,18,20). The number of aromatic amines is 1. The maximum Gasteiger partial charge on any atom is 0.355 e. The molecule has 0 unspecified atom stereocenters. The van der Waals surface area contributed by atoms with Gasteiger partial charge in [0.05, 0.1) is 0 Å². The molecule has 5 heteroatoms. The maximum atomic E-state index is 11.9. The number of ether oxygens (including phenoxy) is 1. The lowest BCUT2D eigenvalue weighted by atomic mass is 10.2. The Hall–Kier alpha value is -2.30. The molecule has 2 rings (SSSR count). The van der Waals surface area contributed by atoms with Gasteiger partial charge in [-0.1, -0.05) is 44.4 Å². The first kappa shape index (κ1) is 16.1. The van der Waals surface area contributed by atoms with E-state index in [-0.39, 0.29) is 12.5 Å². The molecular formula is C17H22N2O3. The molecule has 0 atom stereocenters. The van der Waals surface area contributed by atoms with Crippen LogP contribution in [0.1, 0.15) is 43.1 Å². The highest BCUT2D eigenvalue weighted by Gasteiger charge is 2.12. The predicted molar refractivity (Wildman–Crippen MR) is 85.7 cm³/mol. The summed E-state index contributed by atoms with van der Waals surface area (Å²) in [6, 6.07) is 9.30. The van der Waals surface area contributed by atoms with Crippen molar-refractivity contribution in [3.05, 3.63) is 36.0 Å². The Bertz CT molecular complexity index is 601. The van der Waals surface area contributed by atoms with Crippen molar-refractivity contribution in [3.63, 3.8) is 0 Å². The number of esters is 1. The van der Waals surface area contributed by atoms with Crippen molar-refractivity contribution in [1.29, 1.82) is 0 Å². The molecule has 1 amide bonds. The number of hydrogen-bond donors (Lipinski definition) is 2. The molecule has 0 aliphatic rings. The average Bonchev–Trinajstić information content (AvgIpc) is 2.96. The molecule has 1 aromatic carbocycles. The number of amides is 1. The topological polar surface area (TPSA) is 71.2 Å². The second-order valence-electron chi connectivity index (χ2n) is 5.26. The molecule has 0 saturated heterocycles. The van der Waals surface area contributed by atoms with Crippen molar-refractivity contribution < 1.29 is 14.3 Å². The zero-order chi connectivity index (χ0) is 15.8. The molecular weight excluding hydrogens is 280 g/mol. The van der Waals surface area contributed by atoms with Crippen LogP contribution in [0.4, 0.5) is 0 Å². The van der Waals surface area contributed by atoms with Crippen LogP contribution in [0.2, 0.25) is 0 Å². The predicted octanol–water partition coefficient (Wildman–Crippen LogP) is 3.02. The van der Waals surface area contributed by atoms with Crippen LogP contribution in [0.25, 0.3) is 10.9 Å². The monoisotopic (exact) mass is 302 g/mol. The first-order chi connectivity index (χ1) is 10.7. The van der Waals surface area contributed by atoms with Crippen molar-refractivity contribution in [2.75, 3.05) is 13.2 Å². The Morgan fingerprint density at radius 3 is 2.77 bits per heavy atom.